The molecule has 0 aliphatic carbocycles. The minimum Gasteiger partial charge on any atom is -0.497 e. The van der Waals surface area contributed by atoms with Gasteiger partial charge in [0.05, 0.1) is 40.4 Å². The monoisotopic (exact) mass is 434 g/mol. The second kappa shape index (κ2) is 11.1. The zero-order valence-corrected chi connectivity index (χ0v) is 18.3. The van der Waals surface area contributed by atoms with Crippen molar-refractivity contribution in [2.75, 3.05) is 46.9 Å². The minimum atomic E-state index is -0.825. The molecule has 5 N–H and O–H groups in total. The van der Waals surface area contributed by atoms with Crippen LogP contribution in [0.15, 0.2) is 24.3 Å². The number of amides is 2. The van der Waals surface area contributed by atoms with Gasteiger partial charge < -0.3 is 30.3 Å². The molecule has 2 aliphatic rings. The number of benzene rings is 1. The predicted octanol–water partition coefficient (Wildman–Crippen LogP) is -2.36. The number of piperazine rings is 1. The Balaban J connectivity index is 1.69. The van der Waals surface area contributed by atoms with Crippen molar-refractivity contribution in [1.29, 1.82) is 0 Å². The van der Waals surface area contributed by atoms with Crippen molar-refractivity contribution in [3.05, 3.63) is 29.8 Å². The summed E-state index contributed by atoms with van der Waals surface area (Å²) >= 11 is 0. The zero-order valence-electron chi connectivity index (χ0n) is 18.3. The van der Waals surface area contributed by atoms with Crippen molar-refractivity contribution in [3.8, 4) is 5.75 Å². The lowest BCUT2D eigenvalue weighted by atomic mass is 9.95. The SMILES string of the molecule is COC(=O)[C@H](Cc1ccc(OC)cc1)NC(=O)[C@@H]1C[NH2+]CCN1C(=O)C1CC[NH2+]CC1. The molecule has 1 aromatic rings. The summed E-state index contributed by atoms with van der Waals surface area (Å²) in [5.74, 6) is -0.0601. The number of carbonyl (C=O) groups is 3. The Bertz CT molecular complexity index is 764. The molecule has 3 rings (SSSR count). The van der Waals surface area contributed by atoms with E-state index in [9.17, 15) is 14.4 Å². The van der Waals surface area contributed by atoms with E-state index >= 15 is 0 Å². The van der Waals surface area contributed by atoms with Crippen molar-refractivity contribution < 1.29 is 34.5 Å². The Hall–Kier alpha value is -2.65. The summed E-state index contributed by atoms with van der Waals surface area (Å²) in [5.41, 5.74) is 0.873. The summed E-state index contributed by atoms with van der Waals surface area (Å²) in [6, 6.07) is 5.91. The fraction of sp³-hybridized carbons (Fsp3) is 0.591. The Morgan fingerprint density at radius 2 is 1.81 bits per heavy atom. The van der Waals surface area contributed by atoms with Crippen LogP contribution in [0.4, 0.5) is 0 Å². The lowest BCUT2D eigenvalue weighted by molar-refractivity contribution is -0.666. The summed E-state index contributed by atoms with van der Waals surface area (Å²) in [4.78, 5) is 40.4. The first-order valence-electron chi connectivity index (χ1n) is 11.0. The van der Waals surface area contributed by atoms with E-state index in [1.807, 2.05) is 29.6 Å². The Labute approximate surface area is 182 Å². The van der Waals surface area contributed by atoms with E-state index < -0.39 is 18.1 Å². The number of ether oxygens (including phenoxy) is 2. The molecule has 9 nitrogen and oxygen atoms in total. The molecule has 2 atom stereocenters. The van der Waals surface area contributed by atoms with Gasteiger partial charge in [0.2, 0.25) is 11.8 Å². The van der Waals surface area contributed by atoms with Crippen LogP contribution in [0.1, 0.15) is 18.4 Å². The summed E-state index contributed by atoms with van der Waals surface area (Å²) in [5, 5.41) is 7.10. The van der Waals surface area contributed by atoms with Gasteiger partial charge in [-0.25, -0.2) is 4.79 Å². The van der Waals surface area contributed by atoms with Crippen LogP contribution in [0.25, 0.3) is 0 Å². The fourth-order valence-corrected chi connectivity index (χ4v) is 4.31. The van der Waals surface area contributed by atoms with Crippen LogP contribution >= 0.6 is 0 Å². The first-order chi connectivity index (χ1) is 15.0. The highest BCUT2D eigenvalue weighted by Crippen LogP contribution is 2.17. The van der Waals surface area contributed by atoms with Gasteiger partial charge in [0.1, 0.15) is 18.3 Å². The van der Waals surface area contributed by atoms with Gasteiger partial charge in [-0.15, -0.1) is 0 Å². The quantitative estimate of drug-likeness (QED) is 0.415. The first-order valence-corrected chi connectivity index (χ1v) is 11.0. The maximum absolute atomic E-state index is 13.2. The van der Waals surface area contributed by atoms with Gasteiger partial charge in [-0.3, -0.25) is 9.59 Å². The predicted molar refractivity (Wildman–Crippen MR) is 112 cm³/mol. The number of nitrogens with two attached hydrogens (primary N) is 2. The van der Waals surface area contributed by atoms with E-state index in [4.69, 9.17) is 9.47 Å². The van der Waals surface area contributed by atoms with Gasteiger partial charge in [0.25, 0.3) is 0 Å². The molecule has 1 aromatic carbocycles. The highest BCUT2D eigenvalue weighted by molar-refractivity contribution is 5.91. The lowest BCUT2D eigenvalue weighted by Crippen LogP contribution is -2.93. The maximum atomic E-state index is 13.2. The van der Waals surface area contributed by atoms with Crippen molar-refractivity contribution >= 4 is 17.8 Å². The summed E-state index contributed by atoms with van der Waals surface area (Å²) in [7, 11) is 2.89. The van der Waals surface area contributed by atoms with E-state index in [-0.39, 0.29) is 17.7 Å². The normalized spacial score (nSPS) is 20.6. The largest absolute Gasteiger partial charge is 0.497 e. The van der Waals surface area contributed by atoms with Crippen molar-refractivity contribution in [1.82, 2.24) is 10.2 Å². The van der Waals surface area contributed by atoms with Crippen molar-refractivity contribution in [2.45, 2.75) is 31.3 Å². The summed E-state index contributed by atoms with van der Waals surface area (Å²) < 4.78 is 10.1. The van der Waals surface area contributed by atoms with E-state index in [1.54, 1.807) is 12.0 Å². The van der Waals surface area contributed by atoms with Gasteiger partial charge in [0.15, 0.2) is 6.04 Å². The maximum Gasteiger partial charge on any atom is 0.328 e. The van der Waals surface area contributed by atoms with Crippen LogP contribution in [0.5, 0.6) is 5.75 Å². The molecular weight excluding hydrogens is 400 g/mol. The van der Waals surface area contributed by atoms with Gasteiger partial charge in [0, 0.05) is 25.2 Å². The van der Waals surface area contributed by atoms with Crippen LogP contribution in [0, 0.1) is 5.92 Å². The van der Waals surface area contributed by atoms with E-state index in [0.29, 0.717) is 19.5 Å². The molecule has 0 saturated carbocycles. The Morgan fingerprint density at radius 1 is 1.10 bits per heavy atom. The third kappa shape index (κ3) is 5.95. The van der Waals surface area contributed by atoms with Gasteiger partial charge in [-0.1, -0.05) is 12.1 Å². The molecule has 9 heteroatoms. The van der Waals surface area contributed by atoms with Gasteiger partial charge >= 0.3 is 5.97 Å². The molecule has 0 aromatic heterocycles. The molecule has 170 valence electrons. The van der Waals surface area contributed by atoms with Crippen LogP contribution in [0.2, 0.25) is 0 Å². The zero-order chi connectivity index (χ0) is 22.2. The third-order valence-electron chi connectivity index (χ3n) is 6.11. The molecule has 31 heavy (non-hydrogen) atoms. The Morgan fingerprint density at radius 3 is 2.45 bits per heavy atom. The van der Waals surface area contributed by atoms with Crippen LogP contribution in [-0.2, 0) is 25.5 Å². The number of carbonyl (C=O) groups excluding carboxylic acids is 3. The number of hydrogen-bond donors (Lipinski definition) is 3. The second-order valence-electron chi connectivity index (χ2n) is 8.14. The summed E-state index contributed by atoms with van der Waals surface area (Å²) in [6.07, 6.45) is 1.98. The number of nitrogens with one attached hydrogen (secondary N) is 1. The smallest absolute Gasteiger partial charge is 0.328 e. The third-order valence-corrected chi connectivity index (χ3v) is 6.11. The van der Waals surface area contributed by atoms with Gasteiger partial charge in [-0.05, 0) is 17.7 Å². The van der Waals surface area contributed by atoms with Crippen LogP contribution in [-0.4, -0.2) is 81.7 Å². The molecule has 2 heterocycles. The topological polar surface area (TPSA) is 118 Å². The fourth-order valence-electron chi connectivity index (χ4n) is 4.31. The molecular formula is C22H34N4O5+2. The average Bonchev–Trinajstić information content (AvgIpc) is 2.83. The number of hydrogen-bond acceptors (Lipinski definition) is 5. The molecule has 2 saturated heterocycles. The number of rotatable bonds is 7. The average molecular weight is 435 g/mol. The number of esters is 1. The number of methoxy groups -OCH3 is 2. The van der Waals surface area contributed by atoms with Crippen molar-refractivity contribution in [2.24, 2.45) is 5.92 Å². The molecule has 0 unspecified atom stereocenters. The second-order valence-corrected chi connectivity index (χ2v) is 8.14. The number of piperidine rings is 1. The van der Waals surface area contributed by atoms with E-state index in [2.05, 4.69) is 10.6 Å². The highest BCUT2D eigenvalue weighted by atomic mass is 16.5. The van der Waals surface area contributed by atoms with Crippen molar-refractivity contribution in [3.63, 3.8) is 0 Å². The van der Waals surface area contributed by atoms with Crippen LogP contribution < -0.4 is 20.7 Å². The summed E-state index contributed by atoms with van der Waals surface area (Å²) in [6.45, 7) is 3.70. The number of quaternary nitrogens is 2. The minimum absolute atomic E-state index is 0.0193. The molecule has 0 spiro atoms. The van der Waals surface area contributed by atoms with Gasteiger partial charge in [-0.2, -0.15) is 0 Å². The number of nitrogens with zero attached hydrogens (tertiary/aromatic N) is 1. The first kappa shape index (κ1) is 23.0. The molecule has 0 radical (unpaired) electrons. The Kier molecular flexibility index (Phi) is 8.25. The van der Waals surface area contributed by atoms with E-state index in [1.165, 1.54) is 7.11 Å². The molecule has 2 fully saturated rings. The highest BCUT2D eigenvalue weighted by Gasteiger charge is 2.39. The molecule has 2 amide bonds. The molecule has 2 aliphatic heterocycles. The van der Waals surface area contributed by atoms with E-state index in [0.717, 1.165) is 43.8 Å². The molecule has 0 bridgehead atoms. The standard InChI is InChI=1S/C22H32N4O5/c1-30-17-5-3-15(4-6-17)13-18(22(29)31-2)25-20(27)19-14-24-11-12-26(19)21(28)16-7-9-23-10-8-16/h3-6,16,18-19,23-24H,7-14H2,1-2H3,(H,25,27)/p+2/t18-,19-/m0/s1. The lowest BCUT2D eigenvalue weighted by Gasteiger charge is -2.36. The van der Waals surface area contributed by atoms with Crippen LogP contribution in [0.3, 0.4) is 0 Å².